The Hall–Kier alpha value is -2.87. The fraction of sp³-hybridized carbons (Fsp3) is 0.136. The Morgan fingerprint density at radius 1 is 1.00 bits per heavy atom. The molecule has 30 heavy (non-hydrogen) atoms. The highest BCUT2D eigenvalue weighted by molar-refractivity contribution is 7.89. The average Bonchev–Trinajstić information content (AvgIpc) is 2.73. The second-order valence-electron chi connectivity index (χ2n) is 6.57. The van der Waals surface area contributed by atoms with Crippen LogP contribution in [-0.2, 0) is 14.8 Å². The Balaban J connectivity index is 1.56. The van der Waals surface area contributed by atoms with Crippen LogP contribution in [0.3, 0.4) is 0 Å². The highest BCUT2D eigenvalue weighted by Crippen LogP contribution is 2.20. The van der Waals surface area contributed by atoms with Crippen LogP contribution < -0.4 is 14.8 Å². The molecule has 6 nitrogen and oxygen atoms in total. The Bertz CT molecular complexity index is 1100. The van der Waals surface area contributed by atoms with Crippen molar-refractivity contribution in [1.82, 2.24) is 4.72 Å². The van der Waals surface area contributed by atoms with Crippen molar-refractivity contribution in [2.24, 2.45) is 0 Å². The van der Waals surface area contributed by atoms with Crippen LogP contribution in [0, 0.1) is 0 Å². The van der Waals surface area contributed by atoms with Crippen LogP contribution >= 0.6 is 11.6 Å². The molecule has 2 N–H and O–H groups in total. The lowest BCUT2D eigenvalue weighted by Gasteiger charge is -2.15. The van der Waals surface area contributed by atoms with E-state index in [0.717, 1.165) is 5.56 Å². The molecule has 0 bridgehead atoms. The average molecular weight is 445 g/mol. The first-order valence-electron chi connectivity index (χ1n) is 9.19. The standard InChI is InChI=1S/C22H21ClN2O4S/c1-16(17-6-3-2-4-7-17)25-30(27,28)21-12-10-20(11-13-21)29-15-22(26)24-19-9-5-8-18(23)14-19/h2-14,16,25H,15H2,1H3,(H,24,26)/t16-/m0/s1. The van der Waals surface area contributed by atoms with Crippen LogP contribution in [0.5, 0.6) is 5.75 Å². The topological polar surface area (TPSA) is 84.5 Å². The fourth-order valence-electron chi connectivity index (χ4n) is 2.74. The first kappa shape index (κ1) is 21.8. The number of hydrogen-bond donors (Lipinski definition) is 2. The van der Waals surface area contributed by atoms with Crippen molar-refractivity contribution in [2.75, 3.05) is 11.9 Å². The highest BCUT2D eigenvalue weighted by atomic mass is 35.5. The van der Waals surface area contributed by atoms with Crippen molar-refractivity contribution in [1.29, 1.82) is 0 Å². The van der Waals surface area contributed by atoms with Crippen molar-refractivity contribution in [3.63, 3.8) is 0 Å². The molecular formula is C22H21ClN2O4S. The number of nitrogens with one attached hydrogen (secondary N) is 2. The zero-order valence-electron chi connectivity index (χ0n) is 16.2. The molecule has 156 valence electrons. The van der Waals surface area contributed by atoms with E-state index in [9.17, 15) is 13.2 Å². The third-order valence-electron chi connectivity index (χ3n) is 4.24. The highest BCUT2D eigenvalue weighted by Gasteiger charge is 2.18. The van der Waals surface area contributed by atoms with Gasteiger partial charge < -0.3 is 10.1 Å². The molecule has 0 spiro atoms. The molecule has 1 atom stereocenters. The van der Waals surface area contributed by atoms with Crippen molar-refractivity contribution in [3.05, 3.63) is 89.4 Å². The van der Waals surface area contributed by atoms with Crippen molar-refractivity contribution in [2.45, 2.75) is 17.9 Å². The van der Waals surface area contributed by atoms with Gasteiger partial charge in [-0.3, -0.25) is 4.79 Å². The molecule has 1 amide bonds. The molecule has 0 radical (unpaired) electrons. The molecule has 0 aliphatic rings. The van der Waals surface area contributed by atoms with E-state index in [2.05, 4.69) is 10.0 Å². The number of anilines is 1. The molecule has 0 heterocycles. The van der Waals surface area contributed by atoms with Gasteiger partial charge in [0.2, 0.25) is 10.0 Å². The maximum atomic E-state index is 12.6. The number of carbonyl (C=O) groups excluding carboxylic acids is 1. The molecule has 3 rings (SSSR count). The van der Waals surface area contributed by atoms with Gasteiger partial charge in [0.05, 0.1) is 4.90 Å². The summed E-state index contributed by atoms with van der Waals surface area (Å²) in [7, 11) is -3.70. The van der Waals surface area contributed by atoms with E-state index in [4.69, 9.17) is 16.3 Å². The van der Waals surface area contributed by atoms with E-state index in [1.165, 1.54) is 24.3 Å². The van der Waals surface area contributed by atoms with Gasteiger partial charge in [0.1, 0.15) is 5.75 Å². The van der Waals surface area contributed by atoms with Crippen LogP contribution in [0.2, 0.25) is 5.02 Å². The van der Waals surface area contributed by atoms with E-state index >= 15 is 0 Å². The Morgan fingerprint density at radius 2 is 1.70 bits per heavy atom. The van der Waals surface area contributed by atoms with Gasteiger partial charge in [-0.15, -0.1) is 0 Å². The van der Waals surface area contributed by atoms with Crippen LogP contribution in [0.1, 0.15) is 18.5 Å². The molecule has 3 aromatic carbocycles. The van der Waals surface area contributed by atoms with Gasteiger partial charge in [0.25, 0.3) is 5.91 Å². The summed E-state index contributed by atoms with van der Waals surface area (Å²) in [6.45, 7) is 1.56. The minimum absolute atomic E-state index is 0.112. The quantitative estimate of drug-likeness (QED) is 0.539. The van der Waals surface area contributed by atoms with Gasteiger partial charge in [0, 0.05) is 16.8 Å². The van der Waals surface area contributed by atoms with Gasteiger partial charge in [-0.25, -0.2) is 13.1 Å². The lowest BCUT2D eigenvalue weighted by molar-refractivity contribution is -0.118. The predicted octanol–water partition coefficient (Wildman–Crippen LogP) is 4.40. The Kier molecular flexibility index (Phi) is 7.10. The second kappa shape index (κ2) is 9.75. The molecule has 0 saturated heterocycles. The zero-order valence-corrected chi connectivity index (χ0v) is 17.8. The number of benzene rings is 3. The molecule has 3 aromatic rings. The number of carbonyl (C=O) groups is 1. The zero-order chi connectivity index (χ0) is 21.6. The summed E-state index contributed by atoms with van der Waals surface area (Å²) < 4.78 is 33.3. The molecular weight excluding hydrogens is 424 g/mol. The summed E-state index contributed by atoms with van der Waals surface area (Å²) in [6, 6.07) is 21.6. The summed E-state index contributed by atoms with van der Waals surface area (Å²) >= 11 is 5.88. The van der Waals surface area contributed by atoms with E-state index < -0.39 is 10.0 Å². The fourth-order valence-corrected chi connectivity index (χ4v) is 4.16. The summed E-state index contributed by atoms with van der Waals surface area (Å²) in [5.41, 5.74) is 1.43. The van der Waals surface area contributed by atoms with Crippen molar-refractivity contribution >= 4 is 33.2 Å². The summed E-state index contributed by atoms with van der Waals surface area (Å²) in [5.74, 6) is 0.0265. The lowest BCUT2D eigenvalue weighted by atomic mass is 10.1. The number of hydrogen-bond acceptors (Lipinski definition) is 4. The number of amides is 1. The Morgan fingerprint density at radius 3 is 2.37 bits per heavy atom. The van der Waals surface area contributed by atoms with Crippen molar-refractivity contribution in [3.8, 4) is 5.75 Å². The van der Waals surface area contributed by atoms with Crippen LogP contribution in [0.4, 0.5) is 5.69 Å². The lowest BCUT2D eigenvalue weighted by Crippen LogP contribution is -2.26. The van der Waals surface area contributed by atoms with Gasteiger partial charge in [-0.05, 0) is 55.0 Å². The summed E-state index contributed by atoms with van der Waals surface area (Å²) in [4.78, 5) is 12.1. The first-order chi connectivity index (χ1) is 14.3. The summed E-state index contributed by atoms with van der Waals surface area (Å²) in [6.07, 6.45) is 0. The van der Waals surface area contributed by atoms with E-state index in [1.807, 2.05) is 30.3 Å². The minimum Gasteiger partial charge on any atom is -0.484 e. The normalized spacial score (nSPS) is 12.2. The van der Waals surface area contributed by atoms with E-state index in [-0.39, 0.29) is 23.5 Å². The van der Waals surface area contributed by atoms with Gasteiger partial charge in [-0.1, -0.05) is 48.0 Å². The molecule has 0 aliphatic heterocycles. The third kappa shape index (κ3) is 6.06. The number of halogens is 1. The number of sulfonamides is 1. The largest absolute Gasteiger partial charge is 0.484 e. The molecule has 0 fully saturated rings. The van der Waals surface area contributed by atoms with E-state index in [0.29, 0.717) is 16.5 Å². The van der Waals surface area contributed by atoms with Gasteiger partial charge in [-0.2, -0.15) is 0 Å². The Labute approximate surface area is 180 Å². The molecule has 0 saturated carbocycles. The maximum Gasteiger partial charge on any atom is 0.262 e. The third-order valence-corrected chi connectivity index (χ3v) is 6.04. The van der Waals surface area contributed by atoms with Gasteiger partial charge >= 0.3 is 0 Å². The predicted molar refractivity (Wildman–Crippen MR) is 117 cm³/mol. The molecule has 0 unspecified atom stereocenters. The van der Waals surface area contributed by atoms with Crippen LogP contribution in [0.25, 0.3) is 0 Å². The summed E-state index contributed by atoms with van der Waals surface area (Å²) in [5, 5.41) is 3.19. The maximum absolute atomic E-state index is 12.6. The SMILES string of the molecule is C[C@H](NS(=O)(=O)c1ccc(OCC(=O)Nc2cccc(Cl)c2)cc1)c1ccccc1. The first-order valence-corrected chi connectivity index (χ1v) is 11.1. The molecule has 0 aromatic heterocycles. The smallest absolute Gasteiger partial charge is 0.262 e. The van der Waals surface area contributed by atoms with Crippen LogP contribution in [0.15, 0.2) is 83.8 Å². The second-order valence-corrected chi connectivity index (χ2v) is 8.72. The number of rotatable bonds is 8. The monoisotopic (exact) mass is 444 g/mol. The minimum atomic E-state index is -3.70. The molecule has 8 heteroatoms. The van der Waals surface area contributed by atoms with Crippen LogP contribution in [-0.4, -0.2) is 20.9 Å². The van der Waals surface area contributed by atoms with Crippen molar-refractivity contribution < 1.29 is 17.9 Å². The van der Waals surface area contributed by atoms with E-state index in [1.54, 1.807) is 31.2 Å². The number of ether oxygens (including phenoxy) is 1. The molecule has 0 aliphatic carbocycles. The van der Waals surface area contributed by atoms with Gasteiger partial charge in [0.15, 0.2) is 6.61 Å².